The van der Waals surface area contributed by atoms with Crippen molar-refractivity contribution in [3.63, 3.8) is 0 Å². The lowest BCUT2D eigenvalue weighted by Gasteiger charge is -2.09. The molecule has 0 radical (unpaired) electrons. The summed E-state index contributed by atoms with van der Waals surface area (Å²) >= 11 is 0. The summed E-state index contributed by atoms with van der Waals surface area (Å²) in [6.07, 6.45) is 0.929. The molecule has 0 atom stereocenters. The molecule has 96 valence electrons. The zero-order valence-electron chi connectivity index (χ0n) is 10.5. The van der Waals surface area contributed by atoms with Gasteiger partial charge in [-0.1, -0.05) is 5.16 Å². The molecule has 0 aliphatic carbocycles. The van der Waals surface area contributed by atoms with E-state index in [1.807, 2.05) is 0 Å². The largest absolute Gasteiger partial charge is 0.385 e. The molecule has 0 spiro atoms. The van der Waals surface area contributed by atoms with Crippen molar-refractivity contribution in [1.29, 1.82) is 0 Å². The van der Waals surface area contributed by atoms with Gasteiger partial charge in [0.2, 0.25) is 5.89 Å². The van der Waals surface area contributed by atoms with Gasteiger partial charge in [0.1, 0.15) is 0 Å². The molecule has 17 heavy (non-hydrogen) atoms. The van der Waals surface area contributed by atoms with E-state index in [0.29, 0.717) is 24.2 Å². The van der Waals surface area contributed by atoms with Crippen LogP contribution in [0.4, 0.5) is 0 Å². The average molecular weight is 241 g/mol. The molecule has 0 saturated heterocycles. The number of methoxy groups -OCH3 is 1. The van der Waals surface area contributed by atoms with Gasteiger partial charge in [-0.05, 0) is 6.42 Å². The topological polar surface area (TPSA) is 84.6 Å². The number of nitrogens with one attached hydrogen (secondary N) is 2. The Morgan fingerprint density at radius 1 is 1.47 bits per heavy atom. The lowest BCUT2D eigenvalue weighted by molar-refractivity contribution is 0.195. The van der Waals surface area contributed by atoms with Crippen molar-refractivity contribution in [3.05, 3.63) is 11.7 Å². The van der Waals surface area contributed by atoms with Gasteiger partial charge in [0, 0.05) is 34.2 Å². The first-order valence-electron chi connectivity index (χ1n) is 5.49. The minimum atomic E-state index is 0.487. The highest BCUT2D eigenvalue weighted by Crippen LogP contribution is 1.93. The van der Waals surface area contributed by atoms with E-state index in [2.05, 4.69) is 25.8 Å². The Morgan fingerprint density at radius 3 is 2.88 bits per heavy atom. The number of aromatic nitrogens is 2. The summed E-state index contributed by atoms with van der Waals surface area (Å²) in [5.41, 5.74) is 0. The van der Waals surface area contributed by atoms with Crippen molar-refractivity contribution in [2.24, 2.45) is 4.99 Å². The second-order valence-corrected chi connectivity index (χ2v) is 3.43. The molecule has 7 heteroatoms. The van der Waals surface area contributed by atoms with Gasteiger partial charge in [-0.3, -0.25) is 4.99 Å². The van der Waals surface area contributed by atoms with Crippen LogP contribution in [0.3, 0.4) is 0 Å². The molecule has 0 unspecified atom stereocenters. The summed E-state index contributed by atoms with van der Waals surface area (Å²) in [6.45, 7) is 3.78. The van der Waals surface area contributed by atoms with Gasteiger partial charge in [0.15, 0.2) is 11.8 Å². The van der Waals surface area contributed by atoms with Crippen molar-refractivity contribution < 1.29 is 9.26 Å². The molecule has 0 saturated carbocycles. The molecule has 0 amide bonds. The van der Waals surface area contributed by atoms with Crippen LogP contribution in [0.1, 0.15) is 18.1 Å². The highest BCUT2D eigenvalue weighted by atomic mass is 16.5. The van der Waals surface area contributed by atoms with Crippen LogP contribution in [0.5, 0.6) is 0 Å². The van der Waals surface area contributed by atoms with Crippen LogP contribution in [0, 0.1) is 6.92 Å². The first-order valence-corrected chi connectivity index (χ1v) is 5.49. The lowest BCUT2D eigenvalue weighted by atomic mass is 10.4. The Morgan fingerprint density at radius 2 is 2.29 bits per heavy atom. The monoisotopic (exact) mass is 241 g/mol. The van der Waals surface area contributed by atoms with Crippen LogP contribution in [0.2, 0.25) is 0 Å². The molecule has 2 N–H and O–H groups in total. The molecular formula is C10H19N5O2. The van der Waals surface area contributed by atoms with E-state index >= 15 is 0 Å². The van der Waals surface area contributed by atoms with Crippen LogP contribution in [0.25, 0.3) is 0 Å². The summed E-state index contributed by atoms with van der Waals surface area (Å²) in [4.78, 5) is 8.16. The van der Waals surface area contributed by atoms with E-state index in [1.54, 1.807) is 21.1 Å². The minimum Gasteiger partial charge on any atom is -0.385 e. The average Bonchev–Trinajstić information content (AvgIpc) is 2.74. The summed E-state index contributed by atoms with van der Waals surface area (Å²) in [6, 6.07) is 0. The summed E-state index contributed by atoms with van der Waals surface area (Å²) in [5.74, 6) is 1.88. The molecule has 0 fully saturated rings. The standard InChI is InChI=1S/C10H19N5O2/c1-8-14-9(15-17-8)7-13-10(11-2)12-5-4-6-16-3/h4-7H2,1-3H3,(H2,11,12,13). The van der Waals surface area contributed by atoms with Crippen molar-refractivity contribution in [2.75, 3.05) is 27.3 Å². The number of hydrogen-bond donors (Lipinski definition) is 2. The predicted octanol–water partition coefficient (Wildman–Crippen LogP) is 0.0795. The Kier molecular flexibility index (Phi) is 6.02. The second-order valence-electron chi connectivity index (χ2n) is 3.43. The molecule has 0 aliphatic rings. The first kappa shape index (κ1) is 13.4. The molecule has 0 aromatic carbocycles. The molecule has 1 aromatic heterocycles. The van der Waals surface area contributed by atoms with Gasteiger partial charge in [0.05, 0.1) is 6.54 Å². The molecule has 1 heterocycles. The molecule has 0 bridgehead atoms. The number of nitrogens with zero attached hydrogens (tertiary/aromatic N) is 3. The fraction of sp³-hybridized carbons (Fsp3) is 0.700. The Labute approximate surface area is 101 Å². The molecule has 1 aromatic rings. The number of aryl methyl sites for hydroxylation is 1. The smallest absolute Gasteiger partial charge is 0.223 e. The number of rotatable bonds is 6. The van der Waals surface area contributed by atoms with Crippen molar-refractivity contribution >= 4 is 5.96 Å². The Balaban J connectivity index is 2.23. The first-order chi connectivity index (χ1) is 8.26. The van der Waals surface area contributed by atoms with Gasteiger partial charge < -0.3 is 19.9 Å². The Hall–Kier alpha value is -1.63. The van der Waals surface area contributed by atoms with E-state index in [1.165, 1.54) is 0 Å². The second kappa shape index (κ2) is 7.61. The normalized spacial score (nSPS) is 11.6. The van der Waals surface area contributed by atoms with Crippen LogP contribution in [-0.2, 0) is 11.3 Å². The van der Waals surface area contributed by atoms with E-state index in [0.717, 1.165) is 19.6 Å². The molecule has 7 nitrogen and oxygen atoms in total. The fourth-order valence-corrected chi connectivity index (χ4v) is 1.22. The van der Waals surface area contributed by atoms with Crippen LogP contribution < -0.4 is 10.6 Å². The number of aliphatic imine (C=N–C) groups is 1. The maximum absolute atomic E-state index is 4.96. The van der Waals surface area contributed by atoms with E-state index < -0.39 is 0 Å². The van der Waals surface area contributed by atoms with Gasteiger partial charge in [-0.25, -0.2) is 0 Å². The number of guanidine groups is 1. The van der Waals surface area contributed by atoms with E-state index in [9.17, 15) is 0 Å². The summed E-state index contributed by atoms with van der Waals surface area (Å²) in [7, 11) is 3.40. The van der Waals surface area contributed by atoms with Crippen molar-refractivity contribution in [2.45, 2.75) is 19.9 Å². The highest BCUT2D eigenvalue weighted by Gasteiger charge is 2.03. The van der Waals surface area contributed by atoms with Crippen LogP contribution >= 0.6 is 0 Å². The van der Waals surface area contributed by atoms with E-state index in [4.69, 9.17) is 9.26 Å². The zero-order chi connectivity index (χ0) is 12.5. The molecule has 0 aliphatic heterocycles. The highest BCUT2D eigenvalue weighted by molar-refractivity contribution is 5.79. The van der Waals surface area contributed by atoms with Crippen LogP contribution in [-0.4, -0.2) is 43.4 Å². The third-order valence-electron chi connectivity index (χ3n) is 2.02. The SMILES string of the molecule is CN=C(NCCCOC)NCc1noc(C)n1. The fourth-order valence-electron chi connectivity index (χ4n) is 1.22. The molecule has 1 rings (SSSR count). The predicted molar refractivity (Wildman–Crippen MR) is 63.7 cm³/mol. The van der Waals surface area contributed by atoms with Gasteiger partial charge in [0.25, 0.3) is 0 Å². The van der Waals surface area contributed by atoms with Gasteiger partial charge >= 0.3 is 0 Å². The third-order valence-corrected chi connectivity index (χ3v) is 2.02. The maximum atomic E-state index is 4.96. The zero-order valence-corrected chi connectivity index (χ0v) is 10.5. The van der Waals surface area contributed by atoms with E-state index in [-0.39, 0.29) is 0 Å². The maximum Gasteiger partial charge on any atom is 0.223 e. The lowest BCUT2D eigenvalue weighted by Crippen LogP contribution is -2.37. The minimum absolute atomic E-state index is 0.487. The van der Waals surface area contributed by atoms with Gasteiger partial charge in [-0.15, -0.1) is 0 Å². The summed E-state index contributed by atoms with van der Waals surface area (Å²) < 4.78 is 9.82. The van der Waals surface area contributed by atoms with Crippen molar-refractivity contribution in [1.82, 2.24) is 20.8 Å². The van der Waals surface area contributed by atoms with Crippen molar-refractivity contribution in [3.8, 4) is 0 Å². The molecular weight excluding hydrogens is 222 g/mol. The van der Waals surface area contributed by atoms with Gasteiger partial charge in [-0.2, -0.15) is 4.98 Å². The number of ether oxygens (including phenoxy) is 1. The third kappa shape index (κ3) is 5.30. The quantitative estimate of drug-likeness (QED) is 0.417. The number of hydrogen-bond acceptors (Lipinski definition) is 5. The van der Waals surface area contributed by atoms with Crippen LogP contribution in [0.15, 0.2) is 9.52 Å². The summed E-state index contributed by atoms with van der Waals surface area (Å²) in [5, 5.41) is 10.0. The Bertz CT molecular complexity index is 350.